The van der Waals surface area contributed by atoms with Crippen molar-refractivity contribution in [1.82, 2.24) is 20.3 Å². The third-order valence-electron chi connectivity index (χ3n) is 6.12. The number of carbonyl (C=O) groups excluding carboxylic acids is 1. The maximum Gasteiger partial charge on any atom is 0.251 e. The zero-order valence-corrected chi connectivity index (χ0v) is 18.4. The third kappa shape index (κ3) is 4.73. The fourth-order valence-corrected chi connectivity index (χ4v) is 4.27. The minimum atomic E-state index is -0.513. The molecule has 178 valence electrons. The summed E-state index contributed by atoms with van der Waals surface area (Å²) < 4.78 is 32.3. The molecule has 1 fully saturated rings. The van der Waals surface area contributed by atoms with Crippen LogP contribution in [0.2, 0.25) is 0 Å². The number of carbonyl (C=O) groups is 1. The van der Waals surface area contributed by atoms with Crippen molar-refractivity contribution in [1.29, 1.82) is 0 Å². The molecule has 3 heterocycles. The van der Waals surface area contributed by atoms with Crippen molar-refractivity contribution in [3.63, 3.8) is 0 Å². The molecule has 2 aliphatic heterocycles. The van der Waals surface area contributed by atoms with Gasteiger partial charge in [0, 0.05) is 17.7 Å². The molecule has 0 unspecified atom stereocenters. The van der Waals surface area contributed by atoms with Gasteiger partial charge in [0.05, 0.1) is 24.9 Å². The van der Waals surface area contributed by atoms with Crippen LogP contribution in [0.4, 0.5) is 4.39 Å². The lowest BCUT2D eigenvalue weighted by Gasteiger charge is -2.36. The summed E-state index contributed by atoms with van der Waals surface area (Å²) in [5.41, 5.74) is 1.34. The molecule has 0 saturated carbocycles. The van der Waals surface area contributed by atoms with Gasteiger partial charge in [-0.3, -0.25) is 9.48 Å². The van der Waals surface area contributed by atoms with Crippen molar-refractivity contribution in [2.45, 2.75) is 44.1 Å². The van der Waals surface area contributed by atoms with Crippen LogP contribution in [0.5, 0.6) is 11.5 Å². The van der Waals surface area contributed by atoms with E-state index >= 15 is 0 Å². The highest BCUT2D eigenvalue weighted by atomic mass is 19.1. The Morgan fingerprint density at radius 2 is 2.03 bits per heavy atom. The van der Waals surface area contributed by atoms with E-state index in [1.807, 2.05) is 0 Å². The van der Waals surface area contributed by atoms with E-state index in [4.69, 9.17) is 14.2 Å². The Balaban J connectivity index is 1.15. The highest BCUT2D eigenvalue weighted by Crippen LogP contribution is 2.32. The summed E-state index contributed by atoms with van der Waals surface area (Å²) >= 11 is 0. The Labute approximate surface area is 195 Å². The molecule has 9 nitrogen and oxygen atoms in total. The molecule has 2 aromatic carbocycles. The average Bonchev–Trinajstić information content (AvgIpc) is 3.52. The molecule has 0 radical (unpaired) electrons. The van der Waals surface area contributed by atoms with E-state index in [2.05, 4.69) is 15.6 Å². The molecule has 1 saturated heterocycles. The van der Waals surface area contributed by atoms with E-state index < -0.39 is 6.10 Å². The Bertz CT molecular complexity index is 1170. The van der Waals surface area contributed by atoms with Gasteiger partial charge in [-0.25, -0.2) is 4.39 Å². The lowest BCUT2D eigenvalue weighted by Crippen LogP contribution is -2.51. The molecular weight excluding hydrogens is 443 g/mol. The molecule has 2 N–H and O–H groups in total. The minimum Gasteiger partial charge on any atom is -0.454 e. The van der Waals surface area contributed by atoms with E-state index in [0.29, 0.717) is 47.7 Å². The van der Waals surface area contributed by atoms with Gasteiger partial charge in [-0.2, -0.15) is 0 Å². The van der Waals surface area contributed by atoms with E-state index in [9.17, 15) is 14.3 Å². The molecule has 1 amide bonds. The number of nitrogens with one attached hydrogen (secondary N) is 1. The normalized spacial score (nSPS) is 21.4. The van der Waals surface area contributed by atoms with Crippen molar-refractivity contribution in [2.75, 3.05) is 13.4 Å². The second kappa shape index (κ2) is 9.78. The van der Waals surface area contributed by atoms with Gasteiger partial charge in [-0.1, -0.05) is 17.3 Å². The number of aromatic nitrogens is 3. The second-order valence-electron chi connectivity index (χ2n) is 8.34. The molecule has 0 spiro atoms. The molecule has 2 aliphatic rings. The quantitative estimate of drug-likeness (QED) is 0.549. The van der Waals surface area contributed by atoms with Crippen molar-refractivity contribution in [3.05, 3.63) is 60.0 Å². The molecule has 34 heavy (non-hydrogen) atoms. The average molecular weight is 468 g/mol. The van der Waals surface area contributed by atoms with Crippen LogP contribution in [0.25, 0.3) is 11.3 Å². The number of amides is 1. The molecule has 3 aromatic rings. The van der Waals surface area contributed by atoms with E-state index in [1.165, 1.54) is 6.07 Å². The Kier molecular flexibility index (Phi) is 6.41. The summed E-state index contributed by atoms with van der Waals surface area (Å²) in [7, 11) is 0. The fraction of sp³-hybridized carbons (Fsp3) is 0.375. The van der Waals surface area contributed by atoms with Crippen LogP contribution < -0.4 is 14.8 Å². The van der Waals surface area contributed by atoms with Gasteiger partial charge in [0.2, 0.25) is 6.79 Å². The number of ether oxygens (including phenoxy) is 3. The van der Waals surface area contributed by atoms with E-state index in [1.54, 1.807) is 47.3 Å². The van der Waals surface area contributed by atoms with Gasteiger partial charge >= 0.3 is 0 Å². The smallest absolute Gasteiger partial charge is 0.251 e. The first-order chi connectivity index (χ1) is 16.6. The summed E-state index contributed by atoms with van der Waals surface area (Å²) in [5.74, 6) is 0.552. The maximum atomic E-state index is 14.0. The zero-order chi connectivity index (χ0) is 23.5. The Morgan fingerprint density at radius 3 is 2.88 bits per heavy atom. The molecule has 0 aliphatic carbocycles. The predicted molar refractivity (Wildman–Crippen MR) is 119 cm³/mol. The fourth-order valence-electron chi connectivity index (χ4n) is 4.27. The number of benzene rings is 2. The number of halogens is 1. The van der Waals surface area contributed by atoms with Gasteiger partial charge in [0.15, 0.2) is 11.5 Å². The number of nitrogens with zero attached hydrogens (tertiary/aromatic N) is 3. The minimum absolute atomic E-state index is 0.100. The van der Waals surface area contributed by atoms with Gasteiger partial charge in [-0.15, -0.1) is 5.10 Å². The summed E-state index contributed by atoms with van der Waals surface area (Å²) in [5, 5.41) is 21.0. The number of aryl methyl sites for hydroxylation is 1. The van der Waals surface area contributed by atoms with Crippen molar-refractivity contribution in [3.8, 4) is 22.8 Å². The van der Waals surface area contributed by atoms with Crippen molar-refractivity contribution in [2.24, 2.45) is 0 Å². The van der Waals surface area contributed by atoms with Gasteiger partial charge < -0.3 is 24.6 Å². The highest BCUT2D eigenvalue weighted by Gasteiger charge is 2.32. The molecular formula is C24H25FN4O5. The number of hydrogen-bond donors (Lipinski definition) is 2. The lowest BCUT2D eigenvalue weighted by atomic mass is 9.96. The number of hydrogen-bond acceptors (Lipinski definition) is 7. The van der Waals surface area contributed by atoms with Crippen molar-refractivity contribution < 1.29 is 28.5 Å². The molecule has 3 atom stereocenters. The number of aliphatic hydroxyl groups is 1. The Hall–Kier alpha value is -3.50. The first-order valence-corrected chi connectivity index (χ1v) is 11.2. The Morgan fingerprint density at radius 1 is 1.18 bits per heavy atom. The monoisotopic (exact) mass is 468 g/mol. The van der Waals surface area contributed by atoms with Crippen LogP contribution in [0.3, 0.4) is 0 Å². The zero-order valence-electron chi connectivity index (χ0n) is 18.4. The van der Waals surface area contributed by atoms with E-state index in [-0.39, 0.29) is 37.3 Å². The second-order valence-corrected chi connectivity index (χ2v) is 8.34. The predicted octanol–water partition coefficient (Wildman–Crippen LogP) is 2.54. The summed E-state index contributed by atoms with van der Waals surface area (Å²) in [6.07, 6.45) is 3.14. The maximum absolute atomic E-state index is 14.0. The highest BCUT2D eigenvalue weighted by molar-refractivity contribution is 5.95. The largest absolute Gasteiger partial charge is 0.454 e. The molecule has 0 bridgehead atoms. The van der Waals surface area contributed by atoms with Crippen LogP contribution in [-0.4, -0.2) is 57.7 Å². The standard InChI is InChI=1S/C24H25FN4O5/c25-18-4-2-1-3-17(18)20-12-29(28-27-20)10-9-16-6-7-19(23(13-30)34-16)26-24(31)15-5-8-21-22(11-15)33-14-32-21/h1-5,8,11-12,16,19,23,30H,6-7,9-10,13-14H2,(H,26,31)/t16-,19+,23-/m0/s1. The van der Waals surface area contributed by atoms with Gasteiger partial charge in [0.1, 0.15) is 17.6 Å². The number of fused-ring (bicyclic) bond motifs is 1. The van der Waals surface area contributed by atoms with Crippen LogP contribution in [0.1, 0.15) is 29.6 Å². The molecule has 1 aromatic heterocycles. The summed E-state index contributed by atoms with van der Waals surface area (Å²) in [4.78, 5) is 12.7. The lowest BCUT2D eigenvalue weighted by molar-refractivity contribution is -0.0912. The van der Waals surface area contributed by atoms with E-state index in [0.717, 1.165) is 6.42 Å². The first-order valence-electron chi connectivity index (χ1n) is 11.2. The van der Waals surface area contributed by atoms with Crippen LogP contribution >= 0.6 is 0 Å². The van der Waals surface area contributed by atoms with Gasteiger partial charge in [0.25, 0.3) is 5.91 Å². The SMILES string of the molecule is O=C(N[C@@H]1CC[C@@H](CCn2cc(-c3ccccc3F)nn2)O[C@H]1CO)c1ccc2c(c1)OCO2. The van der Waals surface area contributed by atoms with Crippen molar-refractivity contribution >= 4 is 5.91 Å². The van der Waals surface area contributed by atoms with Gasteiger partial charge in [-0.05, 0) is 49.6 Å². The number of rotatable bonds is 7. The molecule has 10 heteroatoms. The van der Waals surface area contributed by atoms with Crippen LogP contribution in [0.15, 0.2) is 48.7 Å². The molecule has 5 rings (SSSR count). The van der Waals surface area contributed by atoms with Crippen LogP contribution in [-0.2, 0) is 11.3 Å². The van der Waals surface area contributed by atoms with Crippen LogP contribution in [0, 0.1) is 5.82 Å². The third-order valence-corrected chi connectivity index (χ3v) is 6.12. The summed E-state index contributed by atoms with van der Waals surface area (Å²) in [6.45, 7) is 0.478. The summed E-state index contributed by atoms with van der Waals surface area (Å²) in [6, 6.07) is 11.2. The number of aliphatic hydroxyl groups excluding tert-OH is 1. The first kappa shape index (κ1) is 22.3. The topological polar surface area (TPSA) is 108 Å².